The van der Waals surface area contributed by atoms with Gasteiger partial charge in [-0.1, -0.05) is 32.9 Å². The van der Waals surface area contributed by atoms with Crippen LogP contribution in [0.1, 0.15) is 32.8 Å². The lowest BCUT2D eigenvalue weighted by atomic mass is 9.88. The molecule has 1 atom stereocenters. The number of phenols is 1. The Balaban J connectivity index is 2.32. The van der Waals surface area contributed by atoms with Crippen molar-refractivity contribution in [2.75, 3.05) is 6.54 Å². The number of aromatic hydroxyl groups is 1. The van der Waals surface area contributed by atoms with Gasteiger partial charge in [0.05, 0.1) is 6.04 Å². The fraction of sp³-hybridized carbons (Fsp3) is 0.533. The standard InChI is InChI=1S/C15H24N2O2/c1-15(2,3)10-13(16)14(19)17-9-8-11-4-6-12(18)7-5-11/h4-7,13,18H,8-10,16H2,1-3H3,(H,17,19)/t13-/m1/s1. The van der Waals surface area contributed by atoms with Gasteiger partial charge in [-0.3, -0.25) is 4.79 Å². The molecule has 4 nitrogen and oxygen atoms in total. The van der Waals surface area contributed by atoms with E-state index in [2.05, 4.69) is 26.1 Å². The van der Waals surface area contributed by atoms with Gasteiger partial charge in [0.25, 0.3) is 0 Å². The second kappa shape index (κ2) is 6.57. The Bertz CT molecular complexity index is 407. The van der Waals surface area contributed by atoms with Gasteiger partial charge >= 0.3 is 0 Å². The van der Waals surface area contributed by atoms with Crippen LogP contribution in [0.15, 0.2) is 24.3 Å². The summed E-state index contributed by atoms with van der Waals surface area (Å²) in [5, 5.41) is 12.0. The second-order valence-electron chi connectivity index (χ2n) is 6.08. The maximum absolute atomic E-state index is 11.8. The zero-order valence-corrected chi connectivity index (χ0v) is 11.9. The fourth-order valence-corrected chi connectivity index (χ4v) is 1.88. The molecule has 0 spiro atoms. The van der Waals surface area contributed by atoms with Crippen molar-refractivity contribution in [2.24, 2.45) is 11.1 Å². The number of carbonyl (C=O) groups excluding carboxylic acids is 1. The predicted molar refractivity (Wildman–Crippen MR) is 76.9 cm³/mol. The van der Waals surface area contributed by atoms with Gasteiger partial charge in [-0.25, -0.2) is 0 Å². The third kappa shape index (κ3) is 6.25. The quantitative estimate of drug-likeness (QED) is 0.759. The van der Waals surface area contributed by atoms with Crippen LogP contribution in [0.3, 0.4) is 0 Å². The number of hydrogen-bond acceptors (Lipinski definition) is 3. The summed E-state index contributed by atoms with van der Waals surface area (Å²) in [4.78, 5) is 11.8. The SMILES string of the molecule is CC(C)(C)C[C@@H](N)C(=O)NCCc1ccc(O)cc1. The van der Waals surface area contributed by atoms with E-state index in [1.54, 1.807) is 12.1 Å². The molecule has 1 aromatic rings. The van der Waals surface area contributed by atoms with Crippen LogP contribution in [0.4, 0.5) is 0 Å². The van der Waals surface area contributed by atoms with Crippen molar-refractivity contribution in [3.8, 4) is 5.75 Å². The first-order valence-corrected chi connectivity index (χ1v) is 6.59. The summed E-state index contributed by atoms with van der Waals surface area (Å²) in [6.45, 7) is 6.76. The van der Waals surface area contributed by atoms with Crippen LogP contribution in [0.5, 0.6) is 5.75 Å². The molecule has 1 aromatic carbocycles. The lowest BCUT2D eigenvalue weighted by Crippen LogP contribution is -2.43. The Labute approximate surface area is 115 Å². The molecule has 1 rings (SSSR count). The molecule has 0 fully saturated rings. The zero-order valence-electron chi connectivity index (χ0n) is 11.9. The Morgan fingerprint density at radius 1 is 1.32 bits per heavy atom. The highest BCUT2D eigenvalue weighted by Crippen LogP contribution is 2.19. The van der Waals surface area contributed by atoms with Crippen molar-refractivity contribution in [2.45, 2.75) is 39.7 Å². The monoisotopic (exact) mass is 264 g/mol. The minimum Gasteiger partial charge on any atom is -0.508 e. The molecule has 19 heavy (non-hydrogen) atoms. The Morgan fingerprint density at radius 3 is 2.42 bits per heavy atom. The van der Waals surface area contributed by atoms with Crippen LogP contribution in [0.2, 0.25) is 0 Å². The summed E-state index contributed by atoms with van der Waals surface area (Å²) in [5.74, 6) is 0.147. The smallest absolute Gasteiger partial charge is 0.236 e. The van der Waals surface area contributed by atoms with E-state index < -0.39 is 6.04 Å². The van der Waals surface area contributed by atoms with Crippen LogP contribution in [0, 0.1) is 5.41 Å². The summed E-state index contributed by atoms with van der Waals surface area (Å²) in [7, 11) is 0. The first kappa shape index (κ1) is 15.5. The number of rotatable bonds is 5. The van der Waals surface area contributed by atoms with Crippen LogP contribution in [0.25, 0.3) is 0 Å². The number of benzene rings is 1. The van der Waals surface area contributed by atoms with E-state index in [9.17, 15) is 4.79 Å². The highest BCUT2D eigenvalue weighted by Gasteiger charge is 2.20. The van der Waals surface area contributed by atoms with E-state index in [4.69, 9.17) is 10.8 Å². The van der Waals surface area contributed by atoms with Gasteiger partial charge in [0.15, 0.2) is 0 Å². The summed E-state index contributed by atoms with van der Waals surface area (Å²) < 4.78 is 0. The number of nitrogens with one attached hydrogen (secondary N) is 1. The number of nitrogens with two attached hydrogens (primary N) is 1. The third-order valence-corrected chi connectivity index (χ3v) is 2.82. The fourth-order valence-electron chi connectivity index (χ4n) is 1.88. The lowest BCUT2D eigenvalue weighted by Gasteiger charge is -2.22. The lowest BCUT2D eigenvalue weighted by molar-refractivity contribution is -0.122. The number of hydrogen-bond donors (Lipinski definition) is 3. The second-order valence-corrected chi connectivity index (χ2v) is 6.08. The maximum Gasteiger partial charge on any atom is 0.236 e. The molecule has 4 N–H and O–H groups in total. The number of amides is 1. The zero-order chi connectivity index (χ0) is 14.5. The Kier molecular flexibility index (Phi) is 5.36. The Morgan fingerprint density at radius 2 is 1.89 bits per heavy atom. The minimum atomic E-state index is -0.459. The van der Waals surface area contributed by atoms with Crippen molar-refractivity contribution in [1.29, 1.82) is 0 Å². The number of phenolic OH excluding ortho intramolecular Hbond substituents is 1. The third-order valence-electron chi connectivity index (χ3n) is 2.82. The normalized spacial score (nSPS) is 13.1. The van der Waals surface area contributed by atoms with Gasteiger partial charge in [0, 0.05) is 6.54 Å². The predicted octanol–water partition coefficient (Wildman–Crippen LogP) is 1.81. The Hall–Kier alpha value is -1.55. The van der Waals surface area contributed by atoms with Crippen LogP contribution in [-0.2, 0) is 11.2 Å². The first-order chi connectivity index (χ1) is 8.78. The van der Waals surface area contributed by atoms with Crippen LogP contribution >= 0.6 is 0 Å². The molecule has 0 aliphatic carbocycles. The molecule has 0 heterocycles. The van der Waals surface area contributed by atoms with E-state index in [0.29, 0.717) is 13.0 Å². The minimum absolute atomic E-state index is 0.0493. The average molecular weight is 264 g/mol. The highest BCUT2D eigenvalue weighted by molar-refractivity contribution is 5.81. The largest absolute Gasteiger partial charge is 0.508 e. The van der Waals surface area contributed by atoms with Gasteiger partial charge in [-0.15, -0.1) is 0 Å². The average Bonchev–Trinajstić information content (AvgIpc) is 2.29. The molecule has 106 valence electrons. The van der Waals surface area contributed by atoms with Gasteiger partial charge in [0.1, 0.15) is 5.75 Å². The molecule has 0 aliphatic heterocycles. The molecular weight excluding hydrogens is 240 g/mol. The van der Waals surface area contributed by atoms with Crippen molar-refractivity contribution >= 4 is 5.91 Å². The molecular formula is C15H24N2O2. The molecule has 4 heteroatoms. The topological polar surface area (TPSA) is 75.4 Å². The van der Waals surface area contributed by atoms with Crippen molar-refractivity contribution < 1.29 is 9.90 Å². The van der Waals surface area contributed by atoms with Crippen LogP contribution in [-0.4, -0.2) is 23.6 Å². The van der Waals surface area contributed by atoms with Gasteiger partial charge in [-0.05, 0) is 36.0 Å². The van der Waals surface area contributed by atoms with Crippen molar-refractivity contribution in [3.63, 3.8) is 0 Å². The van der Waals surface area contributed by atoms with Gasteiger partial charge < -0.3 is 16.2 Å². The molecule has 1 amide bonds. The van der Waals surface area contributed by atoms with E-state index in [0.717, 1.165) is 12.0 Å². The molecule has 0 saturated carbocycles. The van der Waals surface area contributed by atoms with Crippen molar-refractivity contribution in [3.05, 3.63) is 29.8 Å². The first-order valence-electron chi connectivity index (χ1n) is 6.59. The van der Waals surface area contributed by atoms with Gasteiger partial charge in [0.2, 0.25) is 5.91 Å². The summed E-state index contributed by atoms with van der Waals surface area (Å²) in [5.41, 5.74) is 6.98. The molecule has 0 bridgehead atoms. The maximum atomic E-state index is 11.8. The summed E-state index contributed by atoms with van der Waals surface area (Å²) >= 11 is 0. The summed E-state index contributed by atoms with van der Waals surface area (Å²) in [6.07, 6.45) is 1.40. The van der Waals surface area contributed by atoms with E-state index in [-0.39, 0.29) is 17.1 Å². The van der Waals surface area contributed by atoms with Gasteiger partial charge in [-0.2, -0.15) is 0 Å². The van der Waals surface area contributed by atoms with Crippen LogP contribution < -0.4 is 11.1 Å². The highest BCUT2D eigenvalue weighted by atomic mass is 16.3. The van der Waals surface area contributed by atoms with E-state index >= 15 is 0 Å². The van der Waals surface area contributed by atoms with E-state index in [1.165, 1.54) is 0 Å². The van der Waals surface area contributed by atoms with E-state index in [1.807, 2.05) is 12.1 Å². The molecule has 0 unspecified atom stereocenters. The van der Waals surface area contributed by atoms with Crippen molar-refractivity contribution in [1.82, 2.24) is 5.32 Å². The molecule has 0 aliphatic rings. The molecule has 0 radical (unpaired) electrons. The molecule has 0 aromatic heterocycles. The molecule has 0 saturated heterocycles. The number of carbonyl (C=O) groups is 1. The summed E-state index contributed by atoms with van der Waals surface area (Å²) in [6, 6.07) is 6.51.